The molecule has 39 heavy (non-hydrogen) atoms. The fourth-order valence-electron chi connectivity index (χ4n) is 10.1. The summed E-state index contributed by atoms with van der Waals surface area (Å²) in [4.78, 5) is 27.0. The lowest BCUT2D eigenvalue weighted by atomic mass is 9.43. The molecule has 6 aliphatic rings. The highest BCUT2D eigenvalue weighted by Gasteiger charge is 2.65. The Morgan fingerprint density at radius 2 is 1.69 bits per heavy atom. The molecule has 7 nitrogen and oxygen atoms in total. The fourth-order valence-corrected chi connectivity index (χ4v) is 10.1. The van der Waals surface area contributed by atoms with E-state index < -0.39 is 5.60 Å². The molecule has 8 atom stereocenters. The summed E-state index contributed by atoms with van der Waals surface area (Å²) in [5.41, 5.74) is 0.611. The first-order chi connectivity index (χ1) is 18.8. The second-order valence-corrected chi connectivity index (χ2v) is 13.8. The van der Waals surface area contributed by atoms with Crippen molar-refractivity contribution < 1.29 is 28.9 Å². The second-order valence-electron chi connectivity index (χ2n) is 13.8. The Hall–Kier alpha value is -1.80. The van der Waals surface area contributed by atoms with Gasteiger partial charge in [0.25, 0.3) is 11.8 Å². The zero-order valence-corrected chi connectivity index (χ0v) is 23.4. The number of imide groups is 1. The van der Waals surface area contributed by atoms with Crippen LogP contribution in [-0.4, -0.2) is 66.2 Å². The van der Waals surface area contributed by atoms with E-state index in [4.69, 9.17) is 14.2 Å². The molecule has 4 saturated carbocycles. The number of hydrogen-bond donors (Lipinski definition) is 1. The van der Waals surface area contributed by atoms with E-state index in [2.05, 4.69) is 13.8 Å². The van der Waals surface area contributed by atoms with Crippen LogP contribution in [0.25, 0.3) is 0 Å². The molecular weight excluding hydrogens is 494 g/mol. The van der Waals surface area contributed by atoms with Crippen LogP contribution in [0.5, 0.6) is 0 Å². The van der Waals surface area contributed by atoms with Gasteiger partial charge in [0, 0.05) is 5.92 Å². The Morgan fingerprint density at radius 1 is 0.974 bits per heavy atom. The van der Waals surface area contributed by atoms with Crippen LogP contribution in [0, 0.1) is 34.5 Å². The van der Waals surface area contributed by atoms with Crippen molar-refractivity contribution in [2.45, 2.75) is 89.6 Å². The third kappa shape index (κ3) is 3.83. The van der Waals surface area contributed by atoms with Gasteiger partial charge in [-0.2, -0.15) is 0 Å². The molecule has 2 heterocycles. The maximum Gasteiger partial charge on any atom is 0.261 e. The van der Waals surface area contributed by atoms with Crippen molar-refractivity contribution in [2.75, 3.05) is 26.4 Å². The second kappa shape index (κ2) is 9.37. The van der Waals surface area contributed by atoms with Gasteiger partial charge in [0.15, 0.2) is 6.29 Å². The van der Waals surface area contributed by atoms with Crippen LogP contribution in [0.15, 0.2) is 24.3 Å². The molecule has 1 N–H and O–H groups in total. The number of benzene rings is 1. The summed E-state index contributed by atoms with van der Waals surface area (Å²) in [6, 6.07) is 7.02. The van der Waals surface area contributed by atoms with Gasteiger partial charge in [-0.05, 0) is 98.5 Å². The van der Waals surface area contributed by atoms with Gasteiger partial charge in [-0.1, -0.05) is 26.0 Å². The van der Waals surface area contributed by atoms with Gasteiger partial charge in [0.1, 0.15) is 0 Å². The van der Waals surface area contributed by atoms with E-state index >= 15 is 0 Å². The minimum Gasteiger partial charge on any atom is -0.389 e. The van der Waals surface area contributed by atoms with E-state index in [9.17, 15) is 14.7 Å². The topological polar surface area (TPSA) is 85.3 Å². The molecule has 2 unspecified atom stereocenters. The molecule has 0 aromatic heterocycles. The maximum absolute atomic E-state index is 12.8. The van der Waals surface area contributed by atoms with Crippen LogP contribution in [0.4, 0.5) is 0 Å². The molecule has 1 aromatic rings. The quantitative estimate of drug-likeness (QED) is 0.543. The predicted octanol–water partition coefficient (Wildman–Crippen LogP) is 4.81. The summed E-state index contributed by atoms with van der Waals surface area (Å²) in [5, 5.41) is 12.1. The van der Waals surface area contributed by atoms with Crippen LogP contribution in [0.1, 0.15) is 92.4 Å². The van der Waals surface area contributed by atoms with E-state index in [1.54, 1.807) is 24.3 Å². The molecule has 4 aliphatic carbocycles. The summed E-state index contributed by atoms with van der Waals surface area (Å²) in [5.74, 6) is 1.04. The van der Waals surface area contributed by atoms with E-state index in [-0.39, 0.29) is 47.5 Å². The Kier molecular flexibility index (Phi) is 6.27. The van der Waals surface area contributed by atoms with Crippen molar-refractivity contribution in [3.63, 3.8) is 0 Å². The van der Waals surface area contributed by atoms with Gasteiger partial charge < -0.3 is 19.3 Å². The minimum absolute atomic E-state index is 0.0404. The molecule has 5 fully saturated rings. The third-order valence-electron chi connectivity index (χ3n) is 12.2. The van der Waals surface area contributed by atoms with Gasteiger partial charge in [-0.3, -0.25) is 14.5 Å². The summed E-state index contributed by atoms with van der Waals surface area (Å²) in [7, 11) is 0. The standard InChI is InChI=1S/C32H43NO6/c1-30-11-5-12-32(30,36)25-9-8-20-18-26(23(29-38-16-17-39-29)19-31(20,2)24(25)10-13-30)37-15-14-33-27(34)21-6-3-4-7-22(21)28(33)35/h3-4,6-7,20,23-26,29,36H,5,8-19H2,1-2H3/t20-,23?,24+,25-,26?,30+,31+,32+/m1/s1. The highest BCUT2D eigenvalue weighted by molar-refractivity contribution is 6.21. The molecule has 1 saturated heterocycles. The summed E-state index contributed by atoms with van der Waals surface area (Å²) < 4.78 is 18.7. The number of ether oxygens (including phenoxy) is 3. The molecule has 2 amide bonds. The lowest BCUT2D eigenvalue weighted by Gasteiger charge is -2.64. The summed E-state index contributed by atoms with van der Waals surface area (Å²) >= 11 is 0. The van der Waals surface area contributed by atoms with Gasteiger partial charge in [-0.25, -0.2) is 0 Å². The third-order valence-corrected chi connectivity index (χ3v) is 12.2. The predicted molar refractivity (Wildman–Crippen MR) is 144 cm³/mol. The van der Waals surface area contributed by atoms with Crippen molar-refractivity contribution in [2.24, 2.45) is 34.5 Å². The zero-order valence-electron chi connectivity index (χ0n) is 23.4. The van der Waals surface area contributed by atoms with Crippen molar-refractivity contribution in [1.29, 1.82) is 0 Å². The van der Waals surface area contributed by atoms with Crippen molar-refractivity contribution in [3.8, 4) is 0 Å². The molecule has 0 bridgehead atoms. The van der Waals surface area contributed by atoms with Gasteiger partial charge >= 0.3 is 0 Å². The largest absolute Gasteiger partial charge is 0.389 e. The molecule has 7 heteroatoms. The van der Waals surface area contributed by atoms with Crippen molar-refractivity contribution in [1.82, 2.24) is 4.90 Å². The first-order valence-corrected chi connectivity index (χ1v) is 15.3. The number of carbonyl (C=O) groups excluding carboxylic acids is 2. The highest BCUT2D eigenvalue weighted by Crippen LogP contribution is 2.68. The zero-order chi connectivity index (χ0) is 27.0. The number of nitrogens with zero attached hydrogens (tertiary/aromatic N) is 1. The molecule has 212 valence electrons. The van der Waals surface area contributed by atoms with Crippen molar-refractivity contribution >= 4 is 11.8 Å². The van der Waals surface area contributed by atoms with Crippen LogP contribution >= 0.6 is 0 Å². The SMILES string of the molecule is C[C@]12CC(C3OCCO3)C(OCCN3C(=O)c4ccccc4C3=O)C[C@H]1CC[C@@H]1[C@@H]2CC[C@]2(C)CCC[C@]12O. The van der Waals surface area contributed by atoms with E-state index in [1.165, 1.54) is 11.3 Å². The van der Waals surface area contributed by atoms with Crippen LogP contribution in [-0.2, 0) is 14.2 Å². The first kappa shape index (κ1) is 26.1. The number of aliphatic hydroxyl groups is 1. The van der Waals surface area contributed by atoms with Gasteiger partial charge in [0.05, 0.1) is 49.2 Å². The lowest BCUT2D eigenvalue weighted by molar-refractivity contribution is -0.229. The Bertz CT molecular complexity index is 1110. The smallest absolute Gasteiger partial charge is 0.261 e. The lowest BCUT2D eigenvalue weighted by Crippen LogP contribution is -2.62. The first-order valence-electron chi connectivity index (χ1n) is 15.3. The number of fused-ring (bicyclic) bond motifs is 6. The maximum atomic E-state index is 12.8. The normalized spacial score (nSPS) is 43.8. The average molecular weight is 538 g/mol. The Morgan fingerprint density at radius 3 is 2.41 bits per heavy atom. The molecular formula is C32H43NO6. The molecule has 0 spiro atoms. The molecule has 7 rings (SSSR count). The highest BCUT2D eigenvalue weighted by atomic mass is 16.7. The minimum atomic E-state index is -0.528. The summed E-state index contributed by atoms with van der Waals surface area (Å²) in [6.07, 6.45) is 9.36. The summed E-state index contributed by atoms with van der Waals surface area (Å²) in [6.45, 7) is 6.59. The van der Waals surface area contributed by atoms with Gasteiger partial charge in [0.2, 0.25) is 0 Å². The molecule has 2 aliphatic heterocycles. The Balaban J connectivity index is 1.08. The van der Waals surface area contributed by atoms with Crippen LogP contribution < -0.4 is 0 Å². The average Bonchev–Trinajstić information content (AvgIpc) is 3.63. The van der Waals surface area contributed by atoms with E-state index in [1.807, 2.05) is 0 Å². The van der Waals surface area contributed by atoms with E-state index in [0.29, 0.717) is 48.7 Å². The molecule has 1 aromatic carbocycles. The Labute approximate surface area is 231 Å². The van der Waals surface area contributed by atoms with Crippen LogP contribution in [0.3, 0.4) is 0 Å². The van der Waals surface area contributed by atoms with Gasteiger partial charge in [-0.15, -0.1) is 0 Å². The van der Waals surface area contributed by atoms with Crippen LogP contribution in [0.2, 0.25) is 0 Å². The fraction of sp³-hybridized carbons (Fsp3) is 0.750. The van der Waals surface area contributed by atoms with E-state index in [0.717, 1.165) is 51.4 Å². The number of hydrogen-bond acceptors (Lipinski definition) is 6. The van der Waals surface area contributed by atoms with Crippen molar-refractivity contribution in [3.05, 3.63) is 35.4 Å². The number of amides is 2. The number of carbonyl (C=O) groups is 2. The number of rotatable bonds is 5. The monoisotopic (exact) mass is 537 g/mol. The molecule has 0 radical (unpaired) electrons.